The van der Waals surface area contributed by atoms with E-state index >= 15 is 0 Å². The maximum Gasteiger partial charge on any atom is 0.115 e. The van der Waals surface area contributed by atoms with Crippen LogP contribution in [0.15, 0.2) is 18.6 Å². The number of nitrogens with zero attached hydrogens (tertiary/aromatic N) is 2. The van der Waals surface area contributed by atoms with E-state index in [1.165, 1.54) is 25.1 Å². The third-order valence-corrected chi connectivity index (χ3v) is 2.41. The van der Waals surface area contributed by atoms with Gasteiger partial charge in [0, 0.05) is 19.7 Å². The van der Waals surface area contributed by atoms with Crippen LogP contribution in [0.2, 0.25) is 19.5 Å². The lowest BCUT2D eigenvalue weighted by molar-refractivity contribution is 1.19. The Bertz CT molecular complexity index is 345. The molecule has 0 N–H and O–H groups in total. The van der Waals surface area contributed by atoms with E-state index in [0.29, 0.717) is 0 Å². The van der Waals surface area contributed by atoms with Gasteiger partial charge in [-0.1, -0.05) is 19.5 Å². The Hall–Kier alpha value is -0.703. The Balaban J connectivity index is 3.39. The summed E-state index contributed by atoms with van der Waals surface area (Å²) in [5.41, 5.74) is 0. The highest BCUT2D eigenvalue weighted by Gasteiger charge is 2.16. The van der Waals surface area contributed by atoms with Gasteiger partial charge in [0.2, 0.25) is 0 Å². The molecule has 2 nitrogen and oxygen atoms in total. The molecule has 3 heteroatoms. The van der Waals surface area contributed by atoms with Crippen molar-refractivity contribution in [3.63, 3.8) is 0 Å². The molecule has 1 heterocycles. The molecule has 0 unspecified atom stereocenters. The van der Waals surface area contributed by atoms with Crippen molar-refractivity contribution in [2.24, 2.45) is 0 Å². The second kappa shape index (κ2) is 2.50. The average Bonchev–Trinajstić information content (AvgIpc) is 2.14. The molecule has 0 radical (unpaired) electrons. The van der Waals surface area contributed by atoms with E-state index in [1.54, 1.807) is 0 Å². The first-order chi connectivity index (χ1) is 7.11. The highest BCUT2D eigenvalue weighted by Crippen LogP contribution is 1.97. The normalized spacial score (nSPS) is 22.9. The molecule has 54 valence electrons. The zero-order chi connectivity index (χ0) is 12.6. The van der Waals surface area contributed by atoms with Crippen LogP contribution in [0.1, 0.15) is 8.22 Å². The first-order valence-electron chi connectivity index (χ1n) is 5.87. The van der Waals surface area contributed by atoms with Crippen LogP contribution in [-0.4, -0.2) is 18.0 Å². The van der Waals surface area contributed by atoms with Gasteiger partial charge in [0.1, 0.15) is 14.4 Å². The number of hydrogen-bond acceptors (Lipinski definition) is 2. The van der Waals surface area contributed by atoms with Gasteiger partial charge in [0.05, 0.1) is 0 Å². The zero-order valence-electron chi connectivity index (χ0n) is 11.6. The van der Waals surface area contributed by atoms with E-state index in [1.807, 2.05) is 0 Å². The summed E-state index contributed by atoms with van der Waals surface area (Å²) in [6, 6.07) is 1.38. The molecule has 1 rings (SSSR count). The molecule has 0 aliphatic rings. The van der Waals surface area contributed by atoms with Gasteiger partial charge in [0.25, 0.3) is 0 Å². The Labute approximate surface area is 70.8 Å². The molecular weight excluding hydrogens is 140 g/mol. The molecule has 0 aliphatic carbocycles. The smallest absolute Gasteiger partial charge is 0.115 e. The van der Waals surface area contributed by atoms with Gasteiger partial charge in [-0.05, 0) is 6.07 Å². The van der Waals surface area contributed by atoms with E-state index < -0.39 is 21.0 Å². The minimum atomic E-state index is -3.68. The molecule has 1 aromatic heterocycles. The predicted molar refractivity (Wildman–Crippen MR) is 45.0 cm³/mol. The Kier molecular flexibility index (Phi) is 0.683. The monoisotopic (exact) mass is 158 g/mol. The lowest BCUT2D eigenvalue weighted by atomic mass is 10.7. The average molecular weight is 158 g/mol. The molecule has 0 atom stereocenters. The minimum absolute atomic E-state index is 0.141. The van der Waals surface area contributed by atoms with Crippen LogP contribution in [0.25, 0.3) is 0 Å². The number of aromatic nitrogens is 2. The van der Waals surface area contributed by atoms with Crippen LogP contribution in [0, 0.1) is 0 Å². The maximum absolute atomic E-state index is 7.45. The van der Waals surface area contributed by atoms with Gasteiger partial charge in [-0.25, -0.2) is 9.97 Å². The fraction of sp³-hybridized carbons (Fsp3) is 0.429. The van der Waals surface area contributed by atoms with Crippen LogP contribution in [0.3, 0.4) is 0 Å². The molecule has 0 amide bonds. The molecule has 0 aromatic carbocycles. The summed E-state index contributed by atoms with van der Waals surface area (Å²) in [5.74, 6) is 0. The summed E-state index contributed by atoms with van der Waals surface area (Å²) in [6.07, 6.45) is 2.54. The van der Waals surface area contributed by atoms with Gasteiger partial charge < -0.3 is 0 Å². The first kappa shape index (κ1) is 2.74. The molecule has 10 heavy (non-hydrogen) atoms. The topological polar surface area (TPSA) is 25.8 Å². The lowest BCUT2D eigenvalue weighted by Crippen LogP contribution is -2.39. The van der Waals surface area contributed by atoms with Gasteiger partial charge in [-0.3, -0.25) is 0 Å². The minimum Gasteiger partial charge on any atom is -0.246 e. The molecule has 0 fully saturated rings. The third kappa shape index (κ3) is 1.64. The largest absolute Gasteiger partial charge is 0.246 e. The fourth-order valence-electron chi connectivity index (χ4n) is 0.586. The number of hydrogen-bond donors (Lipinski definition) is 0. The van der Waals surface area contributed by atoms with Gasteiger partial charge in [-0.2, -0.15) is 0 Å². The van der Waals surface area contributed by atoms with Crippen molar-refractivity contribution in [1.29, 1.82) is 0 Å². The highest BCUT2D eigenvalue weighted by atomic mass is 28.3. The van der Waals surface area contributed by atoms with Gasteiger partial charge in [-0.15, -0.1) is 0 Å². The van der Waals surface area contributed by atoms with E-state index in [4.69, 9.17) is 8.22 Å². The van der Waals surface area contributed by atoms with Crippen LogP contribution >= 0.6 is 0 Å². The van der Waals surface area contributed by atoms with Gasteiger partial charge >= 0.3 is 0 Å². The Morgan fingerprint density at radius 2 is 2.40 bits per heavy atom. The molecule has 0 bridgehead atoms. The summed E-state index contributed by atoms with van der Waals surface area (Å²) >= 11 is 0. The summed E-state index contributed by atoms with van der Waals surface area (Å²) in [5, 5.41) is 0.141. The quantitative estimate of drug-likeness (QED) is 0.570. The Morgan fingerprint density at radius 3 is 2.90 bits per heavy atom. The standard InChI is InChI=1S/C7H12N2Si/c1-10(2,3)7-4-5-8-6-9-7/h4-6H,1-3H3/i1D3,2D3. The molecule has 0 aliphatic heterocycles. The van der Waals surface area contributed by atoms with Crippen molar-refractivity contribution >= 4 is 13.4 Å². The van der Waals surface area contributed by atoms with E-state index in [2.05, 4.69) is 9.97 Å². The highest BCUT2D eigenvalue weighted by molar-refractivity contribution is 6.88. The van der Waals surface area contributed by atoms with E-state index in [9.17, 15) is 0 Å². The number of rotatable bonds is 1. The third-order valence-electron chi connectivity index (χ3n) is 1.09. The molecule has 0 saturated heterocycles. The molecule has 1 aromatic rings. The zero-order valence-corrected chi connectivity index (χ0v) is 6.63. The van der Waals surface area contributed by atoms with Crippen LogP contribution in [-0.2, 0) is 0 Å². The second-order valence-electron chi connectivity index (χ2n) is 2.22. The van der Waals surface area contributed by atoms with Gasteiger partial charge in [0.15, 0.2) is 0 Å². The predicted octanol–water partition coefficient (Wildman–Crippen LogP) is 1.02. The maximum atomic E-state index is 7.45. The van der Waals surface area contributed by atoms with E-state index in [-0.39, 0.29) is 5.32 Å². The SMILES string of the molecule is [2H]C([2H])([2H])[Si](C)(c1ccncn1)C([2H])([2H])[2H]. The van der Waals surface area contributed by atoms with Crippen molar-refractivity contribution in [2.45, 2.75) is 19.5 Å². The summed E-state index contributed by atoms with van der Waals surface area (Å²) < 4.78 is 44.7. The fourth-order valence-corrected chi connectivity index (χ4v) is 1.31. The first-order valence-corrected chi connectivity index (χ1v) is 5.37. The lowest BCUT2D eigenvalue weighted by Gasteiger charge is -2.13. The van der Waals surface area contributed by atoms with Crippen LogP contribution in [0.5, 0.6) is 0 Å². The summed E-state index contributed by atoms with van der Waals surface area (Å²) in [7, 11) is -3.68. The van der Waals surface area contributed by atoms with Crippen molar-refractivity contribution in [1.82, 2.24) is 9.97 Å². The Morgan fingerprint density at radius 1 is 1.60 bits per heavy atom. The summed E-state index contributed by atoms with van der Waals surface area (Å²) in [6.45, 7) is -3.73. The second-order valence-corrected chi connectivity index (χ2v) is 4.98. The molecule has 0 saturated carbocycles. The van der Waals surface area contributed by atoms with Crippen molar-refractivity contribution in [2.75, 3.05) is 0 Å². The van der Waals surface area contributed by atoms with Crippen LogP contribution in [0.4, 0.5) is 0 Å². The van der Waals surface area contributed by atoms with Crippen LogP contribution < -0.4 is 5.32 Å². The van der Waals surface area contributed by atoms with Crippen molar-refractivity contribution < 1.29 is 8.22 Å². The van der Waals surface area contributed by atoms with E-state index in [0.717, 1.165) is 0 Å². The van der Waals surface area contributed by atoms with Crippen molar-refractivity contribution in [3.05, 3.63) is 18.6 Å². The molecular formula is C7H12N2Si. The summed E-state index contributed by atoms with van der Waals surface area (Å²) in [4.78, 5) is 7.48. The molecule has 0 spiro atoms. The van der Waals surface area contributed by atoms with Crippen molar-refractivity contribution in [3.8, 4) is 0 Å².